The van der Waals surface area contributed by atoms with Crippen molar-refractivity contribution in [3.05, 3.63) is 137 Å². The summed E-state index contributed by atoms with van der Waals surface area (Å²) in [6.07, 6.45) is 2.61. The lowest BCUT2D eigenvalue weighted by Gasteiger charge is -2.37. The quantitative estimate of drug-likeness (QED) is 0.289. The number of nitrogens with zero attached hydrogens (tertiary/aromatic N) is 1. The number of carboxylic acid groups (broad SMARTS) is 1. The normalized spacial score (nSPS) is 11.4. The first-order valence-corrected chi connectivity index (χ1v) is 10.4. The summed E-state index contributed by atoms with van der Waals surface area (Å²) in [6, 6.07) is 34.7. The summed E-state index contributed by atoms with van der Waals surface area (Å²) in [5, 5.41) is 12.7. The number of aromatic nitrogens is 1. The highest BCUT2D eigenvalue weighted by Gasteiger charge is 2.36. The summed E-state index contributed by atoms with van der Waals surface area (Å²) in [4.78, 5) is 15.7. The van der Waals surface area contributed by atoms with Gasteiger partial charge in [0.05, 0.1) is 5.69 Å². The van der Waals surface area contributed by atoms with Crippen LogP contribution in [0.4, 0.5) is 5.82 Å². The number of nitrogens with one attached hydrogen (secondary N) is 1. The summed E-state index contributed by atoms with van der Waals surface area (Å²) in [6.45, 7) is 1.97. The summed E-state index contributed by atoms with van der Waals surface area (Å²) in [7, 11) is 0. The minimum atomic E-state index is -1.00. The molecule has 0 spiro atoms. The molecular formula is C28H24N2O2. The molecule has 0 radical (unpaired) electrons. The predicted octanol–water partition coefficient (Wildman–Crippen LogP) is 5.89. The zero-order valence-corrected chi connectivity index (χ0v) is 17.8. The van der Waals surface area contributed by atoms with Crippen LogP contribution in [0.15, 0.2) is 109 Å². The molecule has 0 saturated carbocycles. The van der Waals surface area contributed by atoms with E-state index in [4.69, 9.17) is 10.1 Å². The number of pyridine rings is 1. The molecule has 0 atom stereocenters. The van der Waals surface area contributed by atoms with Gasteiger partial charge in [0.15, 0.2) is 0 Å². The third-order valence-corrected chi connectivity index (χ3v) is 5.32. The van der Waals surface area contributed by atoms with Gasteiger partial charge in [0.25, 0.3) is 0 Å². The molecule has 2 N–H and O–H groups in total. The van der Waals surface area contributed by atoms with Crippen LogP contribution in [0.5, 0.6) is 0 Å². The van der Waals surface area contributed by atoms with E-state index in [2.05, 4.69) is 41.7 Å². The van der Waals surface area contributed by atoms with Crippen LogP contribution in [0, 0.1) is 6.92 Å². The molecule has 3 aromatic carbocycles. The van der Waals surface area contributed by atoms with E-state index in [1.807, 2.05) is 73.7 Å². The first-order valence-electron chi connectivity index (χ1n) is 10.4. The van der Waals surface area contributed by atoms with Gasteiger partial charge in [-0.2, -0.15) is 0 Å². The Morgan fingerprint density at radius 2 is 1.28 bits per heavy atom. The van der Waals surface area contributed by atoms with Crippen LogP contribution in [-0.2, 0) is 10.3 Å². The highest BCUT2D eigenvalue weighted by Crippen LogP contribution is 2.39. The molecule has 0 bridgehead atoms. The highest BCUT2D eigenvalue weighted by molar-refractivity contribution is 5.85. The van der Waals surface area contributed by atoms with Crippen LogP contribution in [0.1, 0.15) is 27.9 Å². The van der Waals surface area contributed by atoms with Crippen molar-refractivity contribution in [2.45, 2.75) is 12.5 Å². The van der Waals surface area contributed by atoms with E-state index in [-0.39, 0.29) is 0 Å². The standard InChI is InChI=1S/C28H24N2O2/c1-21-19-25(17-18-27(31)32)29-26(20-21)30-28(22-11-5-2-6-12-22,23-13-7-3-8-14-23)24-15-9-4-10-16-24/h2-20H,1H3,(H,29,30)(H,31,32)/b18-17+. The molecule has 1 aromatic heterocycles. The number of hydrogen-bond donors (Lipinski definition) is 2. The maximum atomic E-state index is 11.0. The second-order valence-corrected chi connectivity index (χ2v) is 7.60. The fraction of sp³-hybridized carbons (Fsp3) is 0.0714. The van der Waals surface area contributed by atoms with Gasteiger partial charge in [-0.1, -0.05) is 91.0 Å². The molecule has 0 aliphatic heterocycles. The summed E-state index contributed by atoms with van der Waals surface area (Å²) in [5.41, 5.74) is 4.09. The number of carbonyl (C=O) groups is 1. The lowest BCUT2D eigenvalue weighted by atomic mass is 9.77. The first kappa shape index (κ1) is 21.1. The van der Waals surface area contributed by atoms with Crippen molar-refractivity contribution >= 4 is 17.9 Å². The average Bonchev–Trinajstić information content (AvgIpc) is 2.83. The Kier molecular flexibility index (Phi) is 6.13. The molecule has 0 fully saturated rings. The Bertz CT molecular complexity index is 1120. The molecule has 4 rings (SSSR count). The Labute approximate surface area is 187 Å². The van der Waals surface area contributed by atoms with Crippen molar-refractivity contribution in [2.24, 2.45) is 0 Å². The van der Waals surface area contributed by atoms with Crippen LogP contribution >= 0.6 is 0 Å². The summed E-state index contributed by atoms with van der Waals surface area (Å²) < 4.78 is 0. The Morgan fingerprint density at radius 3 is 1.72 bits per heavy atom. The monoisotopic (exact) mass is 420 g/mol. The number of carboxylic acids is 1. The number of aliphatic carboxylic acids is 1. The maximum Gasteiger partial charge on any atom is 0.328 e. The van der Waals surface area contributed by atoms with E-state index in [9.17, 15) is 4.79 Å². The molecule has 1 heterocycles. The van der Waals surface area contributed by atoms with Crippen LogP contribution in [0.3, 0.4) is 0 Å². The van der Waals surface area contributed by atoms with E-state index < -0.39 is 11.5 Å². The molecule has 4 aromatic rings. The van der Waals surface area contributed by atoms with Gasteiger partial charge in [-0.15, -0.1) is 0 Å². The van der Waals surface area contributed by atoms with Crippen molar-refractivity contribution < 1.29 is 9.90 Å². The Balaban J connectivity index is 1.94. The van der Waals surface area contributed by atoms with Crippen LogP contribution in [0.25, 0.3) is 6.08 Å². The van der Waals surface area contributed by atoms with Gasteiger partial charge in [-0.25, -0.2) is 9.78 Å². The SMILES string of the molecule is Cc1cc(/C=C/C(=O)O)nc(NC(c2ccccc2)(c2ccccc2)c2ccccc2)c1. The van der Waals surface area contributed by atoms with E-state index in [1.54, 1.807) is 0 Å². The zero-order valence-electron chi connectivity index (χ0n) is 17.8. The third kappa shape index (κ3) is 4.44. The highest BCUT2D eigenvalue weighted by atomic mass is 16.4. The molecule has 4 nitrogen and oxygen atoms in total. The van der Waals surface area contributed by atoms with Crippen LogP contribution in [0.2, 0.25) is 0 Å². The number of aryl methyl sites for hydroxylation is 1. The maximum absolute atomic E-state index is 11.0. The molecule has 0 saturated heterocycles. The van der Waals surface area contributed by atoms with Crippen molar-refractivity contribution in [3.8, 4) is 0 Å². The molecule has 4 heteroatoms. The lowest BCUT2D eigenvalue weighted by Crippen LogP contribution is -2.38. The second-order valence-electron chi connectivity index (χ2n) is 7.60. The van der Waals surface area contributed by atoms with Gasteiger partial charge in [-0.05, 0) is 47.4 Å². The van der Waals surface area contributed by atoms with Crippen molar-refractivity contribution in [3.63, 3.8) is 0 Å². The van der Waals surface area contributed by atoms with Gasteiger partial charge < -0.3 is 10.4 Å². The molecule has 0 amide bonds. The van der Waals surface area contributed by atoms with Crippen molar-refractivity contribution in [1.29, 1.82) is 0 Å². The van der Waals surface area contributed by atoms with Gasteiger partial charge in [0, 0.05) is 6.08 Å². The Morgan fingerprint density at radius 1 is 0.812 bits per heavy atom. The van der Waals surface area contributed by atoms with Crippen molar-refractivity contribution in [2.75, 3.05) is 5.32 Å². The van der Waals surface area contributed by atoms with Gasteiger partial charge in [0.2, 0.25) is 0 Å². The minimum absolute atomic E-state index is 0.581. The van der Waals surface area contributed by atoms with Crippen LogP contribution < -0.4 is 5.32 Å². The molecule has 0 unspecified atom stereocenters. The third-order valence-electron chi connectivity index (χ3n) is 5.32. The van der Waals surface area contributed by atoms with Crippen LogP contribution in [-0.4, -0.2) is 16.1 Å². The molecule has 0 aliphatic rings. The largest absolute Gasteiger partial charge is 0.478 e. The van der Waals surface area contributed by atoms with E-state index in [0.717, 1.165) is 28.3 Å². The topological polar surface area (TPSA) is 62.2 Å². The van der Waals surface area contributed by atoms with E-state index >= 15 is 0 Å². The van der Waals surface area contributed by atoms with Gasteiger partial charge in [-0.3, -0.25) is 0 Å². The Hall–Kier alpha value is -4.18. The first-order chi connectivity index (χ1) is 15.6. The van der Waals surface area contributed by atoms with Crippen molar-refractivity contribution in [1.82, 2.24) is 4.98 Å². The predicted molar refractivity (Wildman–Crippen MR) is 128 cm³/mol. The fourth-order valence-corrected chi connectivity index (χ4v) is 3.97. The second kappa shape index (κ2) is 9.31. The molecular weight excluding hydrogens is 396 g/mol. The molecule has 32 heavy (non-hydrogen) atoms. The summed E-state index contributed by atoms with van der Waals surface area (Å²) >= 11 is 0. The van der Waals surface area contributed by atoms with E-state index in [0.29, 0.717) is 11.5 Å². The zero-order chi connectivity index (χ0) is 22.4. The molecule has 0 aliphatic carbocycles. The smallest absolute Gasteiger partial charge is 0.328 e. The average molecular weight is 421 g/mol. The van der Waals surface area contributed by atoms with E-state index in [1.165, 1.54) is 6.08 Å². The lowest BCUT2D eigenvalue weighted by molar-refractivity contribution is -0.131. The number of hydrogen-bond acceptors (Lipinski definition) is 3. The number of rotatable bonds is 7. The fourth-order valence-electron chi connectivity index (χ4n) is 3.97. The number of benzene rings is 3. The molecule has 158 valence electrons. The van der Waals surface area contributed by atoms with Gasteiger partial charge in [0.1, 0.15) is 11.4 Å². The van der Waals surface area contributed by atoms with Gasteiger partial charge >= 0.3 is 5.97 Å². The summed E-state index contributed by atoms with van der Waals surface area (Å²) in [5.74, 6) is -0.346. The minimum Gasteiger partial charge on any atom is -0.478 e. The number of anilines is 1.